The van der Waals surface area contributed by atoms with Crippen molar-refractivity contribution in [1.29, 1.82) is 0 Å². The molecule has 5 heterocycles. The van der Waals surface area contributed by atoms with Crippen LogP contribution in [0.3, 0.4) is 0 Å². The van der Waals surface area contributed by atoms with Crippen LogP contribution >= 0.6 is 34.5 Å². The normalized spacial score (nSPS) is 20.0. The van der Waals surface area contributed by atoms with Gasteiger partial charge in [0.25, 0.3) is 0 Å². The molecule has 3 aliphatic heterocycles. The summed E-state index contributed by atoms with van der Waals surface area (Å²) < 4.78 is 17.9. The monoisotopic (exact) mass is 753 g/mol. The topological polar surface area (TPSA) is 124 Å². The number of esters is 1. The number of hydrogen-bond acceptors (Lipinski definition) is 9. The minimum Gasteiger partial charge on any atom is -0.619 e. The molecule has 0 spiro atoms. The highest BCUT2D eigenvalue weighted by Crippen LogP contribution is 2.41. The SMILES string of the molecule is CCC(NCc1cc([C@@H](Cc2c(Cl)c[n+]([O-])cc2Cl)c2ccc(OC)c(OC)c2)c(C(=O)O)s1)(C(=O)O[C@H]1CN2CCC1CC2)c1ccccc1. The first-order valence-corrected chi connectivity index (χ1v) is 18.5. The highest BCUT2D eigenvalue weighted by Gasteiger charge is 2.44. The molecule has 51 heavy (non-hydrogen) atoms. The quantitative estimate of drug-likeness (QED) is 0.0812. The van der Waals surface area contributed by atoms with Gasteiger partial charge in [-0.1, -0.05) is 66.5 Å². The molecule has 0 saturated carbocycles. The highest BCUT2D eigenvalue weighted by molar-refractivity contribution is 7.14. The molecule has 7 rings (SSSR count). The molecule has 0 radical (unpaired) electrons. The van der Waals surface area contributed by atoms with Crippen molar-refractivity contribution in [2.45, 2.75) is 56.7 Å². The summed E-state index contributed by atoms with van der Waals surface area (Å²) in [6, 6.07) is 16.8. The van der Waals surface area contributed by atoms with E-state index in [4.69, 9.17) is 37.4 Å². The zero-order valence-corrected chi connectivity index (χ0v) is 31.0. The Morgan fingerprint density at radius 2 is 1.75 bits per heavy atom. The van der Waals surface area contributed by atoms with Crippen LogP contribution in [-0.2, 0) is 28.0 Å². The number of nitrogens with one attached hydrogen (secondary N) is 1. The van der Waals surface area contributed by atoms with Gasteiger partial charge in [-0.15, -0.1) is 11.3 Å². The van der Waals surface area contributed by atoms with Crippen LogP contribution in [0.15, 0.2) is 67.0 Å². The smallest absolute Gasteiger partial charge is 0.346 e. The van der Waals surface area contributed by atoms with Gasteiger partial charge in [0.15, 0.2) is 23.9 Å². The Labute approximate surface area is 311 Å². The molecule has 2 aromatic carbocycles. The zero-order valence-electron chi connectivity index (χ0n) is 28.7. The van der Waals surface area contributed by atoms with Crippen LogP contribution in [0.1, 0.15) is 68.9 Å². The number of piperidine rings is 3. The number of carbonyl (C=O) groups excluding carboxylic acids is 1. The van der Waals surface area contributed by atoms with Gasteiger partial charge in [-0.2, -0.15) is 4.73 Å². The van der Waals surface area contributed by atoms with E-state index in [1.807, 2.05) is 49.4 Å². The van der Waals surface area contributed by atoms with Gasteiger partial charge in [-0.3, -0.25) is 10.2 Å². The van der Waals surface area contributed by atoms with Gasteiger partial charge in [0, 0.05) is 29.4 Å². The number of pyridine rings is 1. The molecular formula is C38H41Cl2N3O7S. The van der Waals surface area contributed by atoms with Crippen molar-refractivity contribution in [2.75, 3.05) is 33.9 Å². The number of carboxylic acids is 1. The number of carbonyl (C=O) groups is 2. The molecule has 2 bridgehead atoms. The first-order valence-electron chi connectivity index (χ1n) is 16.9. The number of methoxy groups -OCH3 is 2. The molecular weight excluding hydrogens is 713 g/mol. The van der Waals surface area contributed by atoms with Gasteiger partial charge in [-0.05, 0) is 79.6 Å². The molecule has 0 amide bonds. The van der Waals surface area contributed by atoms with E-state index >= 15 is 0 Å². The lowest BCUT2D eigenvalue weighted by Gasteiger charge is -2.45. The maximum Gasteiger partial charge on any atom is 0.346 e. The molecule has 3 aliphatic rings. The van der Waals surface area contributed by atoms with E-state index in [1.54, 1.807) is 12.1 Å². The predicted octanol–water partition coefficient (Wildman–Crippen LogP) is 6.81. The van der Waals surface area contributed by atoms with Crippen molar-refractivity contribution in [3.8, 4) is 11.5 Å². The summed E-state index contributed by atoms with van der Waals surface area (Å²) in [5, 5.41) is 26.4. The molecule has 3 saturated heterocycles. The average Bonchev–Trinajstić information content (AvgIpc) is 3.57. The maximum atomic E-state index is 14.3. The van der Waals surface area contributed by atoms with Crippen LogP contribution in [0, 0.1) is 11.1 Å². The van der Waals surface area contributed by atoms with Crippen molar-refractivity contribution in [1.82, 2.24) is 10.2 Å². The van der Waals surface area contributed by atoms with Crippen LogP contribution in [0.25, 0.3) is 0 Å². The summed E-state index contributed by atoms with van der Waals surface area (Å²) in [5.41, 5.74) is 1.37. The second kappa shape index (κ2) is 15.8. The Morgan fingerprint density at radius 3 is 2.33 bits per heavy atom. The molecule has 0 aliphatic carbocycles. The van der Waals surface area contributed by atoms with Crippen LogP contribution in [-0.4, -0.2) is 61.9 Å². The van der Waals surface area contributed by atoms with E-state index in [0.29, 0.717) is 44.6 Å². The fraction of sp³-hybridized carbons (Fsp3) is 0.395. The average molecular weight is 755 g/mol. The summed E-state index contributed by atoms with van der Waals surface area (Å²) in [6.07, 6.45) is 4.91. The number of rotatable bonds is 14. The van der Waals surface area contributed by atoms with Gasteiger partial charge in [0.1, 0.15) is 26.6 Å². The molecule has 3 atom stereocenters. The molecule has 13 heteroatoms. The highest BCUT2D eigenvalue weighted by atomic mass is 35.5. The third kappa shape index (κ3) is 7.68. The number of hydrogen-bond donors (Lipinski definition) is 2. The fourth-order valence-corrected chi connectivity index (χ4v) is 8.98. The van der Waals surface area contributed by atoms with Crippen LogP contribution in [0.5, 0.6) is 11.5 Å². The largest absolute Gasteiger partial charge is 0.619 e. The van der Waals surface area contributed by atoms with Crippen LogP contribution < -0.4 is 19.5 Å². The van der Waals surface area contributed by atoms with Gasteiger partial charge >= 0.3 is 11.9 Å². The lowest BCUT2D eigenvalue weighted by molar-refractivity contribution is -0.605. The number of carboxylic acid groups (broad SMARTS) is 1. The number of fused-ring (bicyclic) bond motifs is 3. The zero-order chi connectivity index (χ0) is 36.3. The van der Waals surface area contributed by atoms with E-state index in [2.05, 4.69) is 10.2 Å². The third-order valence-corrected chi connectivity index (χ3v) is 12.0. The molecule has 2 N–H and O–H groups in total. The van der Waals surface area contributed by atoms with Crippen molar-refractivity contribution in [3.05, 3.63) is 114 Å². The second-order valence-electron chi connectivity index (χ2n) is 13.0. The second-order valence-corrected chi connectivity index (χ2v) is 15.0. The van der Waals surface area contributed by atoms with E-state index < -0.39 is 17.4 Å². The number of halogens is 2. The fourth-order valence-electron chi connectivity index (χ4n) is 7.39. The van der Waals surface area contributed by atoms with E-state index in [-0.39, 0.29) is 40.0 Å². The predicted molar refractivity (Wildman–Crippen MR) is 196 cm³/mol. The third-order valence-electron chi connectivity index (χ3n) is 10.2. The van der Waals surface area contributed by atoms with Crippen molar-refractivity contribution < 1.29 is 33.6 Å². The lowest BCUT2D eigenvalue weighted by Crippen LogP contribution is -2.56. The Bertz CT molecular complexity index is 1860. The maximum absolute atomic E-state index is 14.3. The molecule has 2 aromatic heterocycles. The number of thiophene rings is 1. The number of aromatic nitrogens is 1. The van der Waals surface area contributed by atoms with Crippen molar-refractivity contribution in [2.24, 2.45) is 5.92 Å². The Kier molecular flexibility index (Phi) is 11.4. The Morgan fingerprint density at radius 1 is 1.06 bits per heavy atom. The molecule has 3 fully saturated rings. The number of benzene rings is 2. The van der Waals surface area contributed by atoms with Gasteiger partial charge in [0.2, 0.25) is 0 Å². The van der Waals surface area contributed by atoms with Crippen LogP contribution in [0.2, 0.25) is 10.0 Å². The first kappa shape index (κ1) is 36.9. The van der Waals surface area contributed by atoms with Crippen LogP contribution in [0.4, 0.5) is 0 Å². The Hall–Kier alpha value is -3.87. The van der Waals surface area contributed by atoms with Gasteiger partial charge in [-0.25, -0.2) is 9.59 Å². The summed E-state index contributed by atoms with van der Waals surface area (Å²) in [5.74, 6) is -0.669. The summed E-state index contributed by atoms with van der Waals surface area (Å²) >= 11 is 14.2. The minimum absolute atomic E-state index is 0.130. The van der Waals surface area contributed by atoms with E-state index in [9.17, 15) is 19.9 Å². The molecule has 10 nitrogen and oxygen atoms in total. The van der Waals surface area contributed by atoms with E-state index in [0.717, 1.165) is 54.9 Å². The number of nitrogens with zero attached hydrogens (tertiary/aromatic N) is 2. The lowest BCUT2D eigenvalue weighted by atomic mass is 9.84. The van der Waals surface area contributed by atoms with Crippen molar-refractivity contribution in [3.63, 3.8) is 0 Å². The Balaban J connectivity index is 1.37. The van der Waals surface area contributed by atoms with E-state index in [1.165, 1.54) is 26.6 Å². The molecule has 270 valence electrons. The summed E-state index contributed by atoms with van der Waals surface area (Å²) in [6.45, 7) is 4.96. The summed E-state index contributed by atoms with van der Waals surface area (Å²) in [7, 11) is 3.07. The summed E-state index contributed by atoms with van der Waals surface area (Å²) in [4.78, 5) is 30.3. The standard InChI is InChI=1S/C38H41Cl2N3O7S/c1-4-38(25-8-6-5-7-9-25,37(46)50-34-22-42-14-12-23(34)13-15-42)41-19-26-17-28(35(51-26)36(44)45)27(18-29-30(39)20-43(47)21-31(29)40)24-10-11-32(48-2)33(16-24)49-3/h5-11,16-17,20-21,23,27,34,41H,4,12-15,18-19,22H2,1-3H3,(H,44,45)/t27-,34-,38?/m0/s1. The molecule has 1 unspecified atom stereocenters. The number of ether oxygens (including phenoxy) is 3. The minimum atomic E-state index is -1.16. The van der Waals surface area contributed by atoms with Gasteiger partial charge < -0.3 is 24.5 Å². The first-order chi connectivity index (χ1) is 24.6. The number of aromatic carboxylic acids is 1. The van der Waals surface area contributed by atoms with Crippen molar-refractivity contribution >= 4 is 46.5 Å². The van der Waals surface area contributed by atoms with Gasteiger partial charge in [0.05, 0.1) is 14.2 Å². The molecule has 4 aromatic rings.